The number of para-hydroxylation sites is 1. The van der Waals surface area contributed by atoms with Crippen LogP contribution in [0.4, 0.5) is 5.69 Å². The highest BCUT2D eigenvalue weighted by molar-refractivity contribution is 6.05. The second-order valence-electron chi connectivity index (χ2n) is 3.69. The van der Waals surface area contributed by atoms with Gasteiger partial charge in [0.1, 0.15) is 0 Å². The largest absolute Gasteiger partial charge is 0.478 e. The summed E-state index contributed by atoms with van der Waals surface area (Å²) in [6.07, 6.45) is 0.266. The predicted octanol–water partition coefficient (Wildman–Crippen LogP) is 1.03. The van der Waals surface area contributed by atoms with Crippen LogP contribution in [0.15, 0.2) is 24.3 Å². The van der Waals surface area contributed by atoms with Crippen LogP contribution in [0.5, 0.6) is 0 Å². The number of anilines is 1. The number of fused-ring (bicyclic) bond motifs is 1. The molecular weight excluding hydrogens is 208 g/mol. The molecule has 0 aromatic heterocycles. The van der Waals surface area contributed by atoms with Crippen LogP contribution in [0.25, 0.3) is 0 Å². The van der Waals surface area contributed by atoms with Crippen molar-refractivity contribution in [1.82, 2.24) is 5.32 Å². The molecule has 5 heteroatoms. The van der Waals surface area contributed by atoms with Gasteiger partial charge in [0.05, 0.1) is 5.56 Å². The Morgan fingerprint density at radius 3 is 2.69 bits per heavy atom. The molecule has 1 amide bonds. The number of carbonyl (C=O) groups excluding carboxylic acids is 1. The van der Waals surface area contributed by atoms with Crippen LogP contribution >= 0.6 is 0 Å². The van der Waals surface area contributed by atoms with E-state index in [-0.39, 0.29) is 12.3 Å². The average Bonchev–Trinajstić information content (AvgIpc) is 2.28. The first kappa shape index (κ1) is 10.5. The van der Waals surface area contributed by atoms with Crippen molar-refractivity contribution < 1.29 is 14.7 Å². The van der Waals surface area contributed by atoms with E-state index in [9.17, 15) is 9.59 Å². The molecule has 3 N–H and O–H groups in total. The van der Waals surface area contributed by atoms with E-state index in [2.05, 4.69) is 10.6 Å². The third-order valence-electron chi connectivity index (χ3n) is 2.74. The number of carboxylic acid groups (broad SMARTS) is 1. The van der Waals surface area contributed by atoms with Gasteiger partial charge < -0.3 is 15.7 Å². The van der Waals surface area contributed by atoms with E-state index in [4.69, 9.17) is 5.11 Å². The molecule has 1 aliphatic heterocycles. The van der Waals surface area contributed by atoms with E-state index in [0.29, 0.717) is 11.3 Å². The minimum absolute atomic E-state index is 0.266. The molecule has 16 heavy (non-hydrogen) atoms. The molecule has 0 radical (unpaired) electrons. The van der Waals surface area contributed by atoms with Gasteiger partial charge in [0, 0.05) is 5.69 Å². The number of benzene rings is 1. The highest BCUT2D eigenvalue weighted by atomic mass is 16.4. The van der Waals surface area contributed by atoms with Crippen LogP contribution in [0.1, 0.15) is 23.7 Å². The monoisotopic (exact) mass is 220 g/mol. The zero-order valence-electron chi connectivity index (χ0n) is 8.78. The third kappa shape index (κ3) is 1.41. The van der Waals surface area contributed by atoms with Gasteiger partial charge in [-0.05, 0) is 18.6 Å². The molecule has 0 saturated carbocycles. The molecule has 84 valence electrons. The molecule has 1 aromatic carbocycles. The van der Waals surface area contributed by atoms with Gasteiger partial charge in [0.2, 0.25) is 5.66 Å². The normalized spacial score (nSPS) is 22.9. The van der Waals surface area contributed by atoms with E-state index < -0.39 is 11.6 Å². The summed E-state index contributed by atoms with van der Waals surface area (Å²) >= 11 is 0. The molecule has 1 unspecified atom stereocenters. The fraction of sp³-hybridized carbons (Fsp3) is 0.273. The highest BCUT2D eigenvalue weighted by Crippen LogP contribution is 2.26. The first-order valence-corrected chi connectivity index (χ1v) is 5.02. The summed E-state index contributed by atoms with van der Waals surface area (Å²) in [5, 5.41) is 14.5. The molecule has 0 aliphatic carbocycles. The van der Waals surface area contributed by atoms with Gasteiger partial charge in [-0.2, -0.15) is 0 Å². The van der Waals surface area contributed by atoms with Crippen molar-refractivity contribution in [1.29, 1.82) is 0 Å². The topological polar surface area (TPSA) is 78.4 Å². The number of carboxylic acids is 1. The summed E-state index contributed by atoms with van der Waals surface area (Å²) in [4.78, 5) is 22.9. The lowest BCUT2D eigenvalue weighted by molar-refractivity contribution is -0.143. The summed E-state index contributed by atoms with van der Waals surface area (Å²) in [5.41, 5.74) is -0.380. The minimum Gasteiger partial charge on any atom is -0.478 e. The lowest BCUT2D eigenvalue weighted by Gasteiger charge is -2.35. The maximum Gasteiger partial charge on any atom is 0.350 e. The molecule has 2 rings (SSSR count). The molecule has 1 heterocycles. The van der Waals surface area contributed by atoms with Crippen LogP contribution in [-0.4, -0.2) is 22.6 Å². The third-order valence-corrected chi connectivity index (χ3v) is 2.74. The molecule has 1 aliphatic rings. The summed E-state index contributed by atoms with van der Waals surface area (Å²) in [6, 6.07) is 6.84. The van der Waals surface area contributed by atoms with Gasteiger partial charge >= 0.3 is 5.97 Å². The molecule has 0 saturated heterocycles. The van der Waals surface area contributed by atoms with Gasteiger partial charge in [-0.25, -0.2) is 4.79 Å². The molecule has 1 aromatic rings. The highest BCUT2D eigenvalue weighted by Gasteiger charge is 2.42. The van der Waals surface area contributed by atoms with Crippen LogP contribution in [0.2, 0.25) is 0 Å². The number of hydrogen-bond donors (Lipinski definition) is 3. The van der Waals surface area contributed by atoms with Crippen molar-refractivity contribution in [3.8, 4) is 0 Å². The second kappa shape index (κ2) is 3.52. The van der Waals surface area contributed by atoms with Crippen LogP contribution in [0.3, 0.4) is 0 Å². The van der Waals surface area contributed by atoms with Crippen LogP contribution in [0, 0.1) is 0 Å². The standard InChI is InChI=1S/C11H12N2O3/c1-2-11(10(15)16)12-8-6-4-3-5-7(8)9(14)13-11/h3-6,12H,2H2,1H3,(H,13,14)(H,15,16). The van der Waals surface area contributed by atoms with Gasteiger partial charge in [0.15, 0.2) is 0 Å². The maximum atomic E-state index is 11.8. The summed E-state index contributed by atoms with van der Waals surface area (Å²) < 4.78 is 0. The zero-order chi connectivity index (χ0) is 11.8. The van der Waals surface area contributed by atoms with E-state index in [1.165, 1.54) is 0 Å². The Morgan fingerprint density at radius 1 is 1.38 bits per heavy atom. The summed E-state index contributed by atoms with van der Waals surface area (Å²) in [7, 11) is 0. The Hall–Kier alpha value is -2.04. The van der Waals surface area contributed by atoms with Crippen LogP contribution in [-0.2, 0) is 4.79 Å². The van der Waals surface area contributed by atoms with E-state index >= 15 is 0 Å². The van der Waals surface area contributed by atoms with Crippen molar-refractivity contribution in [3.63, 3.8) is 0 Å². The summed E-state index contributed by atoms with van der Waals surface area (Å²) in [5.74, 6) is -1.45. The number of rotatable bonds is 2. The smallest absolute Gasteiger partial charge is 0.350 e. The Labute approximate surface area is 92.5 Å². The van der Waals surface area contributed by atoms with Crippen molar-refractivity contribution in [2.75, 3.05) is 5.32 Å². The Morgan fingerprint density at radius 2 is 2.06 bits per heavy atom. The molecule has 0 fully saturated rings. The molecular formula is C11H12N2O3. The fourth-order valence-corrected chi connectivity index (χ4v) is 1.75. The first-order valence-electron chi connectivity index (χ1n) is 5.02. The minimum atomic E-state index is -1.40. The predicted molar refractivity (Wildman–Crippen MR) is 58.2 cm³/mol. The Kier molecular flexibility index (Phi) is 2.30. The Bertz CT molecular complexity index is 458. The quantitative estimate of drug-likeness (QED) is 0.695. The van der Waals surface area contributed by atoms with Gasteiger partial charge in [0.25, 0.3) is 5.91 Å². The fourth-order valence-electron chi connectivity index (χ4n) is 1.75. The number of amides is 1. The van der Waals surface area contributed by atoms with Crippen molar-refractivity contribution >= 4 is 17.6 Å². The molecule has 5 nitrogen and oxygen atoms in total. The zero-order valence-corrected chi connectivity index (χ0v) is 8.78. The maximum absolute atomic E-state index is 11.8. The van der Waals surface area contributed by atoms with Gasteiger partial charge in [-0.15, -0.1) is 0 Å². The van der Waals surface area contributed by atoms with Crippen molar-refractivity contribution in [2.45, 2.75) is 19.0 Å². The number of nitrogens with one attached hydrogen (secondary N) is 2. The van der Waals surface area contributed by atoms with Gasteiger partial charge in [-0.3, -0.25) is 4.79 Å². The Balaban J connectivity index is 2.48. The van der Waals surface area contributed by atoms with E-state index in [1.807, 2.05) is 0 Å². The van der Waals surface area contributed by atoms with Crippen LogP contribution < -0.4 is 10.6 Å². The van der Waals surface area contributed by atoms with Crippen molar-refractivity contribution in [2.24, 2.45) is 0 Å². The van der Waals surface area contributed by atoms with E-state index in [1.54, 1.807) is 31.2 Å². The second-order valence-corrected chi connectivity index (χ2v) is 3.69. The molecule has 0 bridgehead atoms. The lowest BCUT2D eigenvalue weighted by Crippen LogP contribution is -2.62. The average molecular weight is 220 g/mol. The van der Waals surface area contributed by atoms with Crippen molar-refractivity contribution in [3.05, 3.63) is 29.8 Å². The first-order chi connectivity index (χ1) is 7.59. The molecule has 1 atom stereocenters. The van der Waals surface area contributed by atoms with E-state index in [0.717, 1.165) is 0 Å². The number of aliphatic carboxylic acids is 1. The van der Waals surface area contributed by atoms with Gasteiger partial charge in [-0.1, -0.05) is 19.1 Å². The molecule has 0 spiro atoms. The SMILES string of the molecule is CCC1(C(=O)O)NC(=O)c2ccccc2N1. The number of carbonyl (C=O) groups is 2. The summed E-state index contributed by atoms with van der Waals surface area (Å²) in [6.45, 7) is 1.70. The lowest BCUT2D eigenvalue weighted by atomic mass is 10.00. The number of hydrogen-bond acceptors (Lipinski definition) is 3.